The first kappa shape index (κ1) is 24.4. The first-order valence-corrected chi connectivity index (χ1v) is 11.6. The molecule has 3 aliphatic rings. The van der Waals surface area contributed by atoms with Crippen molar-refractivity contribution in [1.82, 2.24) is 10.2 Å². The molecule has 2 aromatic carbocycles. The summed E-state index contributed by atoms with van der Waals surface area (Å²) in [4.78, 5) is 27.9. The zero-order chi connectivity index (χ0) is 25.7. The minimum atomic E-state index is -4.69. The fourth-order valence-electron chi connectivity index (χ4n) is 4.67. The summed E-state index contributed by atoms with van der Waals surface area (Å²) in [7, 11) is 0. The summed E-state index contributed by atoms with van der Waals surface area (Å²) < 4.78 is 73.2. The molecular formula is C26H23F5N2O3. The summed E-state index contributed by atoms with van der Waals surface area (Å²) in [5.41, 5.74) is -1.57. The van der Waals surface area contributed by atoms with Gasteiger partial charge in [-0.2, -0.15) is 13.2 Å². The number of carbonyl (C=O) groups is 2. The molecule has 5 rings (SSSR count). The Hall–Kier alpha value is -3.27. The van der Waals surface area contributed by atoms with Crippen LogP contribution >= 0.6 is 0 Å². The van der Waals surface area contributed by atoms with Crippen LogP contribution in [0, 0.1) is 5.82 Å². The first-order chi connectivity index (χ1) is 17.1. The van der Waals surface area contributed by atoms with Crippen LogP contribution in [0.15, 0.2) is 54.1 Å². The normalized spacial score (nSPS) is 21.4. The summed E-state index contributed by atoms with van der Waals surface area (Å²) in [5.74, 6) is -2.02. The van der Waals surface area contributed by atoms with Crippen molar-refractivity contribution >= 4 is 11.8 Å². The zero-order valence-electron chi connectivity index (χ0n) is 19.1. The van der Waals surface area contributed by atoms with E-state index < -0.39 is 47.1 Å². The molecular weight excluding hydrogens is 483 g/mol. The van der Waals surface area contributed by atoms with Gasteiger partial charge in [0, 0.05) is 17.7 Å². The molecule has 190 valence electrons. The number of allylic oxidation sites excluding steroid dienone is 1. The number of nitrogens with one attached hydrogen (secondary N) is 1. The first-order valence-electron chi connectivity index (χ1n) is 11.6. The van der Waals surface area contributed by atoms with Gasteiger partial charge in [0.1, 0.15) is 11.9 Å². The molecule has 2 fully saturated rings. The topological polar surface area (TPSA) is 58.6 Å². The lowest BCUT2D eigenvalue weighted by Crippen LogP contribution is -2.47. The molecule has 36 heavy (non-hydrogen) atoms. The zero-order valence-corrected chi connectivity index (χ0v) is 19.1. The number of alkyl halides is 4. The van der Waals surface area contributed by atoms with Crippen molar-refractivity contribution in [2.75, 3.05) is 19.8 Å². The minimum absolute atomic E-state index is 0.0698. The van der Waals surface area contributed by atoms with Gasteiger partial charge in [-0.15, -0.1) is 0 Å². The van der Waals surface area contributed by atoms with E-state index in [1.54, 1.807) is 24.3 Å². The summed E-state index contributed by atoms with van der Waals surface area (Å²) >= 11 is 0. The SMILES string of the molecule is O=C(N[C@H](C1=CC1)c1ccc(C(F)(F)F)cc1F)[C@H]1CCCN1C(=O)c1cccc(C2(F)COC2)c1. The lowest BCUT2D eigenvalue weighted by Gasteiger charge is -2.34. The van der Waals surface area contributed by atoms with Crippen molar-refractivity contribution in [1.29, 1.82) is 0 Å². The summed E-state index contributed by atoms with van der Waals surface area (Å²) in [5, 5.41) is 2.73. The lowest BCUT2D eigenvalue weighted by atomic mass is 9.92. The van der Waals surface area contributed by atoms with E-state index in [0.717, 1.165) is 12.1 Å². The molecule has 1 aliphatic carbocycles. The highest BCUT2D eigenvalue weighted by Crippen LogP contribution is 2.38. The molecule has 0 spiro atoms. The maximum atomic E-state index is 14.8. The Labute approximate surface area is 203 Å². The predicted molar refractivity (Wildman–Crippen MR) is 119 cm³/mol. The number of hydrogen-bond acceptors (Lipinski definition) is 3. The molecule has 2 aromatic rings. The summed E-state index contributed by atoms with van der Waals surface area (Å²) in [6, 6.07) is 6.64. The highest BCUT2D eigenvalue weighted by molar-refractivity contribution is 5.98. The molecule has 2 aliphatic heterocycles. The molecule has 0 aromatic heterocycles. The van der Waals surface area contributed by atoms with Gasteiger partial charge in [0.05, 0.1) is 24.8 Å². The second-order valence-electron chi connectivity index (χ2n) is 9.35. The van der Waals surface area contributed by atoms with Crippen LogP contribution in [0.4, 0.5) is 22.0 Å². The van der Waals surface area contributed by atoms with Crippen LogP contribution in [0.1, 0.15) is 52.4 Å². The van der Waals surface area contributed by atoms with Crippen LogP contribution in [0.2, 0.25) is 0 Å². The standard InChI is InChI=1S/C26H23F5N2O3/c27-20-12-18(26(29,30)31)8-9-19(20)22(15-6-7-15)32-23(34)21-5-2-10-33(21)24(35)16-3-1-4-17(11-16)25(28)13-36-14-25/h1,3-4,6,8-9,11-12,21-22H,2,5,7,10,13-14H2,(H,32,34)/t21-,22-/m1/s1. The van der Waals surface area contributed by atoms with Gasteiger partial charge in [0.2, 0.25) is 5.91 Å². The van der Waals surface area contributed by atoms with Crippen molar-refractivity contribution in [3.05, 3.63) is 82.2 Å². The van der Waals surface area contributed by atoms with Crippen LogP contribution in [-0.4, -0.2) is 42.5 Å². The third kappa shape index (κ3) is 4.61. The average molecular weight is 506 g/mol. The van der Waals surface area contributed by atoms with Gasteiger partial charge < -0.3 is 15.0 Å². The molecule has 5 nitrogen and oxygen atoms in total. The third-order valence-electron chi connectivity index (χ3n) is 6.84. The summed E-state index contributed by atoms with van der Waals surface area (Å²) in [6.07, 6.45) is -1.50. The largest absolute Gasteiger partial charge is 0.416 e. The molecule has 2 saturated heterocycles. The molecule has 0 bridgehead atoms. The van der Waals surface area contributed by atoms with Crippen molar-refractivity contribution < 1.29 is 36.3 Å². The van der Waals surface area contributed by atoms with E-state index in [-0.39, 0.29) is 24.3 Å². The number of carbonyl (C=O) groups excluding carboxylic acids is 2. The number of halogens is 5. The number of benzene rings is 2. The van der Waals surface area contributed by atoms with E-state index in [1.165, 1.54) is 11.0 Å². The smallest absolute Gasteiger partial charge is 0.374 e. The molecule has 2 amide bonds. The van der Waals surface area contributed by atoms with Crippen molar-refractivity contribution in [3.63, 3.8) is 0 Å². The second-order valence-corrected chi connectivity index (χ2v) is 9.35. The van der Waals surface area contributed by atoms with Crippen LogP contribution in [0.25, 0.3) is 0 Å². The highest BCUT2D eigenvalue weighted by Gasteiger charge is 2.42. The lowest BCUT2D eigenvalue weighted by molar-refractivity contribution is -0.137. The quantitative estimate of drug-likeness (QED) is 0.451. The Morgan fingerprint density at radius 2 is 1.89 bits per heavy atom. The number of amides is 2. The van der Waals surface area contributed by atoms with Crippen molar-refractivity contribution in [2.24, 2.45) is 0 Å². The van der Waals surface area contributed by atoms with Gasteiger partial charge in [-0.25, -0.2) is 8.78 Å². The highest BCUT2D eigenvalue weighted by atomic mass is 19.4. The van der Waals surface area contributed by atoms with E-state index in [2.05, 4.69) is 5.32 Å². The Kier molecular flexibility index (Phi) is 6.10. The summed E-state index contributed by atoms with van der Waals surface area (Å²) in [6.45, 7) is 0.140. The predicted octanol–water partition coefficient (Wildman–Crippen LogP) is 4.83. The van der Waals surface area contributed by atoms with E-state index in [4.69, 9.17) is 4.74 Å². The van der Waals surface area contributed by atoms with Gasteiger partial charge in [-0.1, -0.05) is 24.3 Å². The fraction of sp³-hybridized carbons (Fsp3) is 0.385. The number of likely N-dealkylation sites (tertiary alicyclic amines) is 1. The van der Waals surface area contributed by atoms with Crippen LogP contribution < -0.4 is 5.32 Å². The fourth-order valence-corrected chi connectivity index (χ4v) is 4.67. The minimum Gasteiger partial charge on any atom is -0.374 e. The molecule has 0 saturated carbocycles. The Morgan fingerprint density at radius 1 is 1.14 bits per heavy atom. The van der Waals surface area contributed by atoms with Crippen molar-refractivity contribution in [3.8, 4) is 0 Å². The van der Waals surface area contributed by atoms with Crippen LogP contribution in [0.5, 0.6) is 0 Å². The van der Waals surface area contributed by atoms with Gasteiger partial charge in [-0.05, 0) is 54.7 Å². The molecule has 10 heteroatoms. The molecule has 0 unspecified atom stereocenters. The van der Waals surface area contributed by atoms with Crippen LogP contribution in [-0.2, 0) is 21.4 Å². The van der Waals surface area contributed by atoms with E-state index in [0.29, 0.717) is 43.0 Å². The number of hydrogen-bond donors (Lipinski definition) is 1. The Balaban J connectivity index is 1.34. The van der Waals surface area contributed by atoms with E-state index in [1.807, 2.05) is 0 Å². The van der Waals surface area contributed by atoms with Gasteiger partial charge >= 0.3 is 6.18 Å². The second kappa shape index (κ2) is 8.99. The molecule has 2 heterocycles. The third-order valence-corrected chi connectivity index (χ3v) is 6.84. The maximum Gasteiger partial charge on any atom is 0.416 e. The van der Waals surface area contributed by atoms with Crippen molar-refractivity contribution in [2.45, 2.75) is 43.2 Å². The molecule has 0 radical (unpaired) electrons. The molecule has 2 atom stereocenters. The number of nitrogens with zero attached hydrogens (tertiary/aromatic N) is 1. The van der Waals surface area contributed by atoms with Crippen LogP contribution in [0.3, 0.4) is 0 Å². The monoisotopic (exact) mass is 506 g/mol. The van der Waals surface area contributed by atoms with E-state index >= 15 is 0 Å². The molecule has 1 N–H and O–H groups in total. The Morgan fingerprint density at radius 3 is 2.50 bits per heavy atom. The maximum absolute atomic E-state index is 14.8. The van der Waals surface area contributed by atoms with Gasteiger partial charge in [0.25, 0.3) is 5.91 Å². The average Bonchev–Trinajstić information content (AvgIpc) is 3.55. The van der Waals surface area contributed by atoms with Gasteiger partial charge in [-0.3, -0.25) is 9.59 Å². The Bertz CT molecular complexity index is 1240. The van der Waals surface area contributed by atoms with Gasteiger partial charge in [0.15, 0.2) is 5.67 Å². The number of ether oxygens (including phenoxy) is 1. The number of rotatable bonds is 6. The van der Waals surface area contributed by atoms with E-state index in [9.17, 15) is 31.5 Å².